The fourth-order valence-electron chi connectivity index (χ4n) is 1.16. The first kappa shape index (κ1) is 8.53. The average molecular weight is 217 g/mol. The van der Waals surface area contributed by atoms with E-state index in [0.717, 1.165) is 0 Å². The number of ketones is 1. The topological polar surface area (TPSA) is 37.3 Å². The van der Waals surface area contributed by atoms with Crippen LogP contribution in [0.15, 0.2) is 21.9 Å². The number of hydrogen-bond acceptors (Lipinski definition) is 2. The molecule has 11 heavy (non-hydrogen) atoms. The molecule has 0 radical (unpaired) electrons. The maximum absolute atomic E-state index is 11.2. The zero-order valence-corrected chi connectivity index (χ0v) is 7.97. The third kappa shape index (κ3) is 1.13. The van der Waals surface area contributed by atoms with Gasteiger partial charge in [0.2, 0.25) is 5.78 Å². The molecule has 0 saturated heterocycles. The minimum atomic E-state index is -0.258. The van der Waals surface area contributed by atoms with Gasteiger partial charge in [0, 0.05) is 16.0 Å². The van der Waals surface area contributed by atoms with Crippen molar-refractivity contribution in [1.82, 2.24) is 0 Å². The number of carbonyl (C=O) groups is 1. The zero-order valence-electron chi connectivity index (χ0n) is 6.39. The molecule has 60 valence electrons. The predicted molar refractivity (Wildman–Crippen MR) is 46.5 cm³/mol. The Bertz CT molecular complexity index is 263. The van der Waals surface area contributed by atoms with Crippen LogP contribution in [-0.4, -0.2) is 10.9 Å². The van der Waals surface area contributed by atoms with Crippen LogP contribution < -0.4 is 0 Å². The van der Waals surface area contributed by atoms with Gasteiger partial charge in [-0.15, -0.1) is 0 Å². The molecule has 1 aliphatic carbocycles. The van der Waals surface area contributed by atoms with Crippen LogP contribution in [0.1, 0.15) is 13.8 Å². The van der Waals surface area contributed by atoms with Crippen LogP contribution in [0.25, 0.3) is 0 Å². The van der Waals surface area contributed by atoms with Gasteiger partial charge >= 0.3 is 0 Å². The van der Waals surface area contributed by atoms with Crippen molar-refractivity contribution in [3.05, 3.63) is 21.9 Å². The summed E-state index contributed by atoms with van der Waals surface area (Å²) in [5.41, 5.74) is 0.661. The molecular weight excluding hydrogens is 208 g/mol. The van der Waals surface area contributed by atoms with Crippen molar-refractivity contribution in [2.24, 2.45) is 5.92 Å². The normalized spacial score (nSPS) is 28.8. The number of allylic oxidation sites excluding steroid dienone is 3. The Morgan fingerprint density at radius 2 is 2.18 bits per heavy atom. The fourth-order valence-corrected chi connectivity index (χ4v) is 1.59. The first-order chi connectivity index (χ1) is 5.09. The summed E-state index contributed by atoms with van der Waals surface area (Å²) in [4.78, 5) is 11.2. The molecule has 1 N–H and O–H groups in total. The van der Waals surface area contributed by atoms with Crippen LogP contribution in [0.2, 0.25) is 0 Å². The Balaban J connectivity index is 3.12. The Morgan fingerprint density at radius 1 is 1.64 bits per heavy atom. The molecule has 0 amide bonds. The van der Waals surface area contributed by atoms with E-state index >= 15 is 0 Å². The van der Waals surface area contributed by atoms with Crippen molar-refractivity contribution < 1.29 is 9.90 Å². The van der Waals surface area contributed by atoms with Gasteiger partial charge < -0.3 is 5.11 Å². The maximum Gasteiger partial charge on any atom is 0.224 e. The average Bonchev–Trinajstić information content (AvgIpc) is 2.17. The third-order valence-corrected chi connectivity index (χ3v) is 2.92. The molecule has 0 aromatic carbocycles. The summed E-state index contributed by atoms with van der Waals surface area (Å²) >= 11 is 3.16. The van der Waals surface area contributed by atoms with E-state index in [1.165, 1.54) is 0 Å². The molecule has 0 saturated carbocycles. The van der Waals surface area contributed by atoms with Gasteiger partial charge in [0.25, 0.3) is 0 Å². The number of aliphatic hydroxyl groups excluding tert-OH is 1. The second-order valence-corrected chi connectivity index (χ2v) is 3.35. The lowest BCUT2D eigenvalue weighted by Crippen LogP contribution is -2.01. The van der Waals surface area contributed by atoms with Crippen LogP contribution in [0.4, 0.5) is 0 Å². The molecular formula is C8H9BrO2. The molecule has 0 aromatic rings. The molecule has 0 heterocycles. The Labute approximate surface area is 73.7 Å². The van der Waals surface area contributed by atoms with E-state index in [1.807, 2.05) is 6.92 Å². The molecule has 0 bridgehead atoms. The van der Waals surface area contributed by atoms with Crippen LogP contribution >= 0.6 is 15.9 Å². The van der Waals surface area contributed by atoms with Gasteiger partial charge in [0.1, 0.15) is 0 Å². The molecule has 1 unspecified atom stereocenters. The molecule has 1 rings (SSSR count). The Hall–Kier alpha value is -0.570. The highest BCUT2D eigenvalue weighted by molar-refractivity contribution is 9.11. The van der Waals surface area contributed by atoms with Gasteiger partial charge in [-0.25, -0.2) is 0 Å². The summed E-state index contributed by atoms with van der Waals surface area (Å²) in [5.74, 6) is -0.398. The van der Waals surface area contributed by atoms with E-state index in [-0.39, 0.29) is 17.5 Å². The standard InChI is InChI=1S/C8H9BrO2/c1-3-5-4(2)6(9)8(11)7(5)10/h3-4,11H,1-2H3/b5-3+. The minimum absolute atomic E-state index is 0.00694. The zero-order chi connectivity index (χ0) is 8.59. The lowest BCUT2D eigenvalue weighted by molar-refractivity contribution is -0.114. The van der Waals surface area contributed by atoms with Crippen molar-refractivity contribution in [2.45, 2.75) is 13.8 Å². The van der Waals surface area contributed by atoms with E-state index in [1.54, 1.807) is 13.0 Å². The smallest absolute Gasteiger partial charge is 0.224 e. The van der Waals surface area contributed by atoms with Gasteiger partial charge in [-0.2, -0.15) is 0 Å². The third-order valence-electron chi connectivity index (χ3n) is 1.86. The molecule has 0 fully saturated rings. The van der Waals surface area contributed by atoms with E-state index in [2.05, 4.69) is 15.9 Å². The molecule has 1 aliphatic rings. The SMILES string of the molecule is C/C=C1/C(=O)C(O)=C(Br)C1C. The number of hydrogen-bond donors (Lipinski definition) is 1. The molecule has 0 aliphatic heterocycles. The lowest BCUT2D eigenvalue weighted by atomic mass is 10.0. The first-order valence-corrected chi connectivity index (χ1v) is 4.18. The van der Waals surface area contributed by atoms with E-state index in [0.29, 0.717) is 10.1 Å². The van der Waals surface area contributed by atoms with Crippen LogP contribution in [-0.2, 0) is 4.79 Å². The van der Waals surface area contributed by atoms with E-state index in [9.17, 15) is 9.90 Å². The monoisotopic (exact) mass is 216 g/mol. The van der Waals surface area contributed by atoms with Gasteiger partial charge in [-0.3, -0.25) is 4.79 Å². The number of halogens is 1. The van der Waals surface area contributed by atoms with E-state index in [4.69, 9.17) is 0 Å². The predicted octanol–water partition coefficient (Wildman–Crippen LogP) is 2.32. The number of carbonyl (C=O) groups excluding carboxylic acids is 1. The van der Waals surface area contributed by atoms with Crippen molar-refractivity contribution >= 4 is 21.7 Å². The maximum atomic E-state index is 11.2. The van der Waals surface area contributed by atoms with Gasteiger partial charge in [-0.1, -0.05) is 28.9 Å². The first-order valence-electron chi connectivity index (χ1n) is 3.39. The Kier molecular flexibility index (Phi) is 2.18. The quantitative estimate of drug-likeness (QED) is 0.632. The Morgan fingerprint density at radius 3 is 2.36 bits per heavy atom. The minimum Gasteiger partial charge on any atom is -0.504 e. The second-order valence-electron chi connectivity index (χ2n) is 2.49. The van der Waals surface area contributed by atoms with Gasteiger partial charge in [0.15, 0.2) is 5.76 Å². The number of aliphatic hydroxyl groups is 1. The molecule has 2 nitrogen and oxygen atoms in total. The van der Waals surface area contributed by atoms with Crippen LogP contribution in [0.3, 0.4) is 0 Å². The molecule has 3 heteroatoms. The summed E-state index contributed by atoms with van der Waals surface area (Å²) in [7, 11) is 0. The highest BCUT2D eigenvalue weighted by atomic mass is 79.9. The van der Waals surface area contributed by atoms with Crippen molar-refractivity contribution in [1.29, 1.82) is 0 Å². The summed E-state index contributed by atoms with van der Waals surface area (Å²) in [6, 6.07) is 0. The highest BCUT2D eigenvalue weighted by Gasteiger charge is 2.32. The van der Waals surface area contributed by atoms with Crippen molar-refractivity contribution in [2.75, 3.05) is 0 Å². The highest BCUT2D eigenvalue weighted by Crippen LogP contribution is 2.35. The van der Waals surface area contributed by atoms with Gasteiger partial charge in [-0.05, 0) is 6.92 Å². The van der Waals surface area contributed by atoms with Crippen molar-refractivity contribution in [3.63, 3.8) is 0 Å². The van der Waals surface area contributed by atoms with Crippen LogP contribution in [0.5, 0.6) is 0 Å². The van der Waals surface area contributed by atoms with Gasteiger partial charge in [0.05, 0.1) is 0 Å². The number of Topliss-reactive ketones (excluding diaryl/α,β-unsaturated/α-hetero) is 1. The fraction of sp³-hybridized carbons (Fsp3) is 0.375. The molecule has 1 atom stereocenters. The molecule has 0 aromatic heterocycles. The largest absolute Gasteiger partial charge is 0.504 e. The van der Waals surface area contributed by atoms with E-state index < -0.39 is 0 Å². The number of rotatable bonds is 0. The summed E-state index contributed by atoms with van der Waals surface area (Å²) in [6.45, 7) is 3.67. The second kappa shape index (κ2) is 2.81. The van der Waals surface area contributed by atoms with Crippen molar-refractivity contribution in [3.8, 4) is 0 Å². The lowest BCUT2D eigenvalue weighted by Gasteiger charge is -2.01. The summed E-state index contributed by atoms with van der Waals surface area (Å²) in [5, 5.41) is 9.18. The summed E-state index contributed by atoms with van der Waals surface area (Å²) < 4.78 is 0.593. The summed E-state index contributed by atoms with van der Waals surface area (Å²) in [6.07, 6.45) is 1.73. The molecule has 0 spiro atoms. The van der Waals surface area contributed by atoms with Crippen LogP contribution in [0, 0.1) is 5.92 Å².